The molecular weight excluding hydrogens is 283 g/mol. The van der Waals surface area contributed by atoms with E-state index in [1.807, 2.05) is 6.07 Å². The third-order valence-electron chi connectivity index (χ3n) is 2.23. The number of hydrogen-bond donors (Lipinski definition) is 2. The van der Waals surface area contributed by atoms with Gasteiger partial charge in [-0.05, 0) is 18.2 Å². The normalized spacial score (nSPS) is 9.74. The lowest BCUT2D eigenvalue weighted by Crippen LogP contribution is -2.02. The van der Waals surface area contributed by atoms with Crippen molar-refractivity contribution in [2.24, 2.45) is 0 Å². The van der Waals surface area contributed by atoms with E-state index in [-0.39, 0.29) is 0 Å². The van der Waals surface area contributed by atoms with Crippen LogP contribution in [0, 0.1) is 12.3 Å². The van der Waals surface area contributed by atoms with Crippen molar-refractivity contribution < 1.29 is 0 Å². The van der Waals surface area contributed by atoms with Crippen LogP contribution in [0.15, 0.2) is 30.6 Å². The highest BCUT2D eigenvalue weighted by atomic mass is 35.5. The van der Waals surface area contributed by atoms with Crippen LogP contribution in [0.2, 0.25) is 10.0 Å². The van der Waals surface area contributed by atoms with Crippen LogP contribution in [0.1, 0.15) is 0 Å². The SMILES string of the molecule is C#CCNc1cc(Nc2ccc(Cl)c(Cl)c2)ncn1. The summed E-state index contributed by atoms with van der Waals surface area (Å²) in [7, 11) is 0. The molecule has 0 amide bonds. The fraction of sp³-hybridized carbons (Fsp3) is 0.0769. The van der Waals surface area contributed by atoms with Crippen LogP contribution in [-0.2, 0) is 0 Å². The number of hydrogen-bond acceptors (Lipinski definition) is 4. The number of anilines is 3. The van der Waals surface area contributed by atoms with Crippen LogP contribution in [0.4, 0.5) is 17.3 Å². The fourth-order valence-corrected chi connectivity index (χ4v) is 1.68. The number of nitrogens with one attached hydrogen (secondary N) is 2. The molecular formula is C13H10Cl2N4. The van der Waals surface area contributed by atoms with Crippen molar-refractivity contribution in [2.75, 3.05) is 17.2 Å². The molecule has 0 aliphatic carbocycles. The summed E-state index contributed by atoms with van der Waals surface area (Å²) in [6, 6.07) is 7.00. The van der Waals surface area contributed by atoms with Gasteiger partial charge in [-0.2, -0.15) is 0 Å². The van der Waals surface area contributed by atoms with Gasteiger partial charge in [-0.1, -0.05) is 29.1 Å². The maximum Gasteiger partial charge on any atom is 0.135 e. The van der Waals surface area contributed by atoms with Crippen molar-refractivity contribution in [1.29, 1.82) is 0 Å². The maximum atomic E-state index is 5.94. The average molecular weight is 293 g/mol. The largest absolute Gasteiger partial charge is 0.359 e. The number of aromatic nitrogens is 2. The van der Waals surface area contributed by atoms with Gasteiger partial charge in [0.25, 0.3) is 0 Å². The molecule has 4 nitrogen and oxygen atoms in total. The standard InChI is InChI=1S/C13H10Cl2N4/c1-2-5-16-12-7-13(18-8-17-12)19-9-3-4-10(14)11(15)6-9/h1,3-4,6-8H,5H2,(H2,16,17,18,19). The lowest BCUT2D eigenvalue weighted by Gasteiger charge is -2.08. The van der Waals surface area contributed by atoms with Crippen LogP contribution < -0.4 is 10.6 Å². The molecule has 0 aliphatic rings. The number of terminal acetylenes is 1. The van der Waals surface area contributed by atoms with Gasteiger partial charge in [0, 0.05) is 11.8 Å². The minimum atomic E-state index is 0.406. The van der Waals surface area contributed by atoms with E-state index in [0.29, 0.717) is 28.2 Å². The van der Waals surface area contributed by atoms with Crippen molar-refractivity contribution in [3.05, 3.63) is 40.6 Å². The van der Waals surface area contributed by atoms with Crippen LogP contribution in [0.5, 0.6) is 0 Å². The summed E-state index contributed by atoms with van der Waals surface area (Å²) in [6.45, 7) is 0.406. The highest BCUT2D eigenvalue weighted by molar-refractivity contribution is 6.42. The van der Waals surface area contributed by atoms with Crippen LogP contribution in [0.3, 0.4) is 0 Å². The smallest absolute Gasteiger partial charge is 0.135 e. The molecule has 19 heavy (non-hydrogen) atoms. The van der Waals surface area contributed by atoms with Gasteiger partial charge in [-0.25, -0.2) is 9.97 Å². The number of nitrogens with zero attached hydrogens (tertiary/aromatic N) is 2. The van der Waals surface area contributed by atoms with E-state index in [4.69, 9.17) is 29.6 Å². The summed E-state index contributed by atoms with van der Waals surface area (Å²) in [5, 5.41) is 7.05. The molecule has 0 saturated heterocycles. The van der Waals surface area contributed by atoms with E-state index >= 15 is 0 Å². The number of rotatable bonds is 4. The van der Waals surface area contributed by atoms with Crippen LogP contribution in [-0.4, -0.2) is 16.5 Å². The summed E-state index contributed by atoms with van der Waals surface area (Å²) in [4.78, 5) is 8.15. The zero-order valence-corrected chi connectivity index (χ0v) is 11.3. The van der Waals surface area contributed by atoms with E-state index in [0.717, 1.165) is 5.69 Å². The Kier molecular flexibility index (Phi) is 4.45. The van der Waals surface area contributed by atoms with Crippen LogP contribution in [0.25, 0.3) is 0 Å². The molecule has 0 radical (unpaired) electrons. The van der Waals surface area contributed by atoms with Crippen molar-refractivity contribution in [2.45, 2.75) is 0 Å². The van der Waals surface area contributed by atoms with E-state index in [9.17, 15) is 0 Å². The molecule has 0 saturated carbocycles. The first kappa shape index (κ1) is 13.5. The second-order valence-corrected chi connectivity index (χ2v) is 4.41. The molecule has 6 heteroatoms. The Labute approximate surface area is 121 Å². The predicted octanol–water partition coefficient (Wildman–Crippen LogP) is 3.57. The van der Waals surface area contributed by atoms with E-state index in [2.05, 4.69) is 26.5 Å². The molecule has 2 rings (SSSR count). The lowest BCUT2D eigenvalue weighted by atomic mass is 10.3. The first-order valence-electron chi connectivity index (χ1n) is 5.40. The highest BCUT2D eigenvalue weighted by Crippen LogP contribution is 2.26. The molecule has 1 heterocycles. The second-order valence-electron chi connectivity index (χ2n) is 3.60. The molecule has 0 atom stereocenters. The fourth-order valence-electron chi connectivity index (χ4n) is 1.39. The molecule has 0 bridgehead atoms. The molecule has 96 valence electrons. The van der Waals surface area contributed by atoms with Crippen molar-refractivity contribution in [3.63, 3.8) is 0 Å². The minimum absolute atomic E-state index is 0.406. The van der Waals surface area contributed by atoms with Gasteiger partial charge in [0.15, 0.2) is 0 Å². The molecule has 2 aromatic rings. The summed E-state index contributed by atoms with van der Waals surface area (Å²) in [5.41, 5.74) is 0.788. The van der Waals surface area contributed by atoms with Gasteiger partial charge in [-0.3, -0.25) is 0 Å². The van der Waals surface area contributed by atoms with Gasteiger partial charge in [0.1, 0.15) is 18.0 Å². The van der Waals surface area contributed by atoms with Gasteiger partial charge >= 0.3 is 0 Å². The Morgan fingerprint density at radius 1 is 1.11 bits per heavy atom. The summed E-state index contributed by atoms with van der Waals surface area (Å²) < 4.78 is 0. The summed E-state index contributed by atoms with van der Waals surface area (Å²) >= 11 is 11.8. The highest BCUT2D eigenvalue weighted by Gasteiger charge is 2.02. The average Bonchev–Trinajstić information content (AvgIpc) is 2.41. The second kappa shape index (κ2) is 6.28. The minimum Gasteiger partial charge on any atom is -0.359 e. The lowest BCUT2D eigenvalue weighted by molar-refractivity contribution is 1.15. The Bertz CT molecular complexity index is 622. The van der Waals surface area contributed by atoms with E-state index in [1.165, 1.54) is 6.33 Å². The monoisotopic (exact) mass is 292 g/mol. The zero-order chi connectivity index (χ0) is 13.7. The summed E-state index contributed by atoms with van der Waals surface area (Å²) in [6.07, 6.45) is 6.61. The summed E-state index contributed by atoms with van der Waals surface area (Å²) in [5.74, 6) is 3.76. The van der Waals surface area contributed by atoms with Crippen LogP contribution >= 0.6 is 23.2 Å². The Morgan fingerprint density at radius 3 is 2.63 bits per heavy atom. The quantitative estimate of drug-likeness (QED) is 0.846. The van der Waals surface area contributed by atoms with Gasteiger partial charge in [-0.15, -0.1) is 6.42 Å². The maximum absolute atomic E-state index is 5.94. The Hall–Kier alpha value is -1.96. The van der Waals surface area contributed by atoms with Gasteiger partial charge < -0.3 is 10.6 Å². The molecule has 1 aromatic heterocycles. The molecule has 0 spiro atoms. The number of halogens is 2. The van der Waals surface area contributed by atoms with Gasteiger partial charge in [0.05, 0.1) is 16.6 Å². The zero-order valence-electron chi connectivity index (χ0n) is 9.82. The Balaban J connectivity index is 2.14. The predicted molar refractivity (Wildman–Crippen MR) is 79.1 cm³/mol. The van der Waals surface area contributed by atoms with Crippen molar-refractivity contribution in [1.82, 2.24) is 9.97 Å². The third kappa shape index (κ3) is 3.75. The van der Waals surface area contributed by atoms with Crippen molar-refractivity contribution >= 4 is 40.5 Å². The Morgan fingerprint density at radius 2 is 1.89 bits per heavy atom. The number of benzene rings is 1. The first-order valence-corrected chi connectivity index (χ1v) is 6.16. The van der Waals surface area contributed by atoms with Crippen molar-refractivity contribution in [3.8, 4) is 12.3 Å². The topological polar surface area (TPSA) is 49.8 Å². The molecule has 1 aromatic carbocycles. The van der Waals surface area contributed by atoms with E-state index in [1.54, 1.807) is 18.2 Å². The first-order chi connectivity index (χ1) is 9.19. The van der Waals surface area contributed by atoms with Gasteiger partial charge in [0.2, 0.25) is 0 Å². The molecule has 0 unspecified atom stereocenters. The molecule has 0 aliphatic heterocycles. The third-order valence-corrected chi connectivity index (χ3v) is 2.97. The van der Waals surface area contributed by atoms with E-state index < -0.39 is 0 Å². The molecule has 0 fully saturated rings. The molecule has 2 N–H and O–H groups in total.